The third-order valence-electron chi connectivity index (χ3n) is 3.00. The number of nitrogens with zero attached hydrogens (tertiary/aromatic N) is 2. The van der Waals surface area contributed by atoms with Crippen molar-refractivity contribution in [3.05, 3.63) is 58.0 Å². The average molecular weight is 274 g/mol. The van der Waals surface area contributed by atoms with E-state index >= 15 is 0 Å². The molecule has 2 rings (SSSR count). The molecule has 6 nitrogen and oxygen atoms in total. The lowest BCUT2D eigenvalue weighted by Crippen LogP contribution is -2.16. The van der Waals surface area contributed by atoms with Gasteiger partial charge < -0.3 is 9.32 Å². The van der Waals surface area contributed by atoms with Gasteiger partial charge in [-0.3, -0.25) is 14.9 Å². The van der Waals surface area contributed by atoms with Crippen LogP contribution in [0.4, 0.5) is 11.4 Å². The number of ketones is 1. The molecule has 0 N–H and O–H groups in total. The molecule has 0 bridgehead atoms. The van der Waals surface area contributed by atoms with Gasteiger partial charge in [0, 0.05) is 30.9 Å². The fourth-order valence-corrected chi connectivity index (χ4v) is 1.95. The van der Waals surface area contributed by atoms with Gasteiger partial charge in [-0.1, -0.05) is 0 Å². The van der Waals surface area contributed by atoms with E-state index in [0.717, 1.165) is 11.3 Å². The molecule has 0 spiro atoms. The Morgan fingerprint density at radius 3 is 2.70 bits per heavy atom. The maximum Gasteiger partial charge on any atom is 0.280 e. The van der Waals surface area contributed by atoms with Crippen molar-refractivity contribution in [3.63, 3.8) is 0 Å². The van der Waals surface area contributed by atoms with Crippen LogP contribution in [0.2, 0.25) is 0 Å². The number of rotatable bonds is 5. The lowest BCUT2D eigenvalue weighted by molar-refractivity contribution is -0.385. The van der Waals surface area contributed by atoms with Gasteiger partial charge in [0.25, 0.3) is 5.69 Å². The lowest BCUT2D eigenvalue weighted by Gasteiger charge is -2.18. The first-order valence-electron chi connectivity index (χ1n) is 6.00. The summed E-state index contributed by atoms with van der Waals surface area (Å²) >= 11 is 0. The van der Waals surface area contributed by atoms with Gasteiger partial charge in [-0.05, 0) is 25.1 Å². The molecule has 1 aromatic carbocycles. The van der Waals surface area contributed by atoms with E-state index in [4.69, 9.17) is 4.42 Å². The predicted molar refractivity (Wildman–Crippen MR) is 73.9 cm³/mol. The molecule has 0 unspecified atom stereocenters. The molecule has 2 aromatic rings. The number of furan rings is 1. The molecule has 0 aliphatic rings. The second kappa shape index (κ2) is 5.56. The highest BCUT2D eigenvalue weighted by Crippen LogP contribution is 2.25. The number of nitro groups is 1. The molecule has 0 aliphatic carbocycles. The van der Waals surface area contributed by atoms with E-state index in [2.05, 4.69) is 0 Å². The highest BCUT2D eigenvalue weighted by Gasteiger charge is 2.18. The van der Waals surface area contributed by atoms with Gasteiger partial charge in [0.15, 0.2) is 5.78 Å². The van der Waals surface area contributed by atoms with Crippen molar-refractivity contribution < 1.29 is 14.1 Å². The molecule has 6 heteroatoms. The van der Waals surface area contributed by atoms with Crippen molar-refractivity contribution in [2.24, 2.45) is 0 Å². The van der Waals surface area contributed by atoms with E-state index in [9.17, 15) is 14.9 Å². The molecule has 0 radical (unpaired) electrons. The van der Waals surface area contributed by atoms with Crippen molar-refractivity contribution in [1.82, 2.24) is 0 Å². The monoisotopic (exact) mass is 274 g/mol. The molecule has 0 saturated carbocycles. The van der Waals surface area contributed by atoms with E-state index in [1.165, 1.54) is 13.0 Å². The summed E-state index contributed by atoms with van der Waals surface area (Å²) in [6.07, 6.45) is 3.22. The molecule has 0 aliphatic heterocycles. The molecule has 1 aromatic heterocycles. The summed E-state index contributed by atoms with van der Waals surface area (Å²) in [7, 11) is 1.85. The Kier molecular flexibility index (Phi) is 3.84. The second-order valence-corrected chi connectivity index (χ2v) is 4.50. The smallest absolute Gasteiger partial charge is 0.280 e. The summed E-state index contributed by atoms with van der Waals surface area (Å²) in [5, 5.41) is 10.9. The zero-order valence-electron chi connectivity index (χ0n) is 11.2. The predicted octanol–water partition coefficient (Wildman–Crippen LogP) is 3.03. The number of carbonyl (C=O) groups is 1. The van der Waals surface area contributed by atoms with Gasteiger partial charge in [0.2, 0.25) is 0 Å². The standard InChI is InChI=1S/C14H14N2O4/c1-10(17)13-7-12(3-4-14(13)16(18)19)15(2)8-11-5-6-20-9-11/h3-7,9H,8H2,1-2H3. The van der Waals surface area contributed by atoms with Crippen LogP contribution in [-0.2, 0) is 6.54 Å². The van der Waals surface area contributed by atoms with Gasteiger partial charge in [-0.2, -0.15) is 0 Å². The van der Waals surface area contributed by atoms with Gasteiger partial charge in [0.1, 0.15) is 0 Å². The molecule has 1 heterocycles. The van der Waals surface area contributed by atoms with Crippen molar-refractivity contribution in [2.75, 3.05) is 11.9 Å². The first kappa shape index (κ1) is 13.8. The SMILES string of the molecule is CC(=O)c1cc(N(C)Cc2ccoc2)ccc1[N+](=O)[O-]. The molecular weight excluding hydrogens is 260 g/mol. The largest absolute Gasteiger partial charge is 0.472 e. The van der Waals surface area contributed by atoms with E-state index < -0.39 is 4.92 Å². The summed E-state index contributed by atoms with van der Waals surface area (Å²) < 4.78 is 4.99. The number of Topliss-reactive ketones (excluding diaryl/α,β-unsaturated/α-hetero) is 1. The highest BCUT2D eigenvalue weighted by atomic mass is 16.6. The van der Waals surface area contributed by atoms with Crippen LogP contribution in [0.1, 0.15) is 22.8 Å². The fourth-order valence-electron chi connectivity index (χ4n) is 1.95. The van der Waals surface area contributed by atoms with Crippen LogP contribution < -0.4 is 4.90 Å². The zero-order chi connectivity index (χ0) is 14.7. The Balaban J connectivity index is 2.31. The molecular formula is C14H14N2O4. The van der Waals surface area contributed by atoms with Gasteiger partial charge in [-0.25, -0.2) is 0 Å². The van der Waals surface area contributed by atoms with Crippen molar-refractivity contribution in [3.8, 4) is 0 Å². The number of benzene rings is 1. The third kappa shape index (κ3) is 2.85. The van der Waals surface area contributed by atoms with Crippen molar-refractivity contribution >= 4 is 17.2 Å². The van der Waals surface area contributed by atoms with Gasteiger partial charge in [0.05, 0.1) is 23.0 Å². The summed E-state index contributed by atoms with van der Waals surface area (Å²) in [6, 6.07) is 6.37. The van der Waals surface area contributed by atoms with E-state index in [-0.39, 0.29) is 17.0 Å². The van der Waals surface area contributed by atoms with Crippen LogP contribution in [0, 0.1) is 10.1 Å². The van der Waals surface area contributed by atoms with Crippen LogP contribution in [0.5, 0.6) is 0 Å². The Morgan fingerprint density at radius 1 is 1.40 bits per heavy atom. The average Bonchev–Trinajstić information content (AvgIpc) is 2.90. The van der Waals surface area contributed by atoms with Crippen LogP contribution in [0.25, 0.3) is 0 Å². The Morgan fingerprint density at radius 2 is 2.15 bits per heavy atom. The van der Waals surface area contributed by atoms with Crippen LogP contribution in [0.15, 0.2) is 41.2 Å². The van der Waals surface area contributed by atoms with Crippen molar-refractivity contribution in [2.45, 2.75) is 13.5 Å². The molecule has 0 amide bonds. The number of carbonyl (C=O) groups excluding carboxylic acids is 1. The molecule has 20 heavy (non-hydrogen) atoms. The minimum atomic E-state index is -0.545. The number of nitro benzene ring substituents is 1. The van der Waals surface area contributed by atoms with E-state index in [1.54, 1.807) is 24.7 Å². The third-order valence-corrected chi connectivity index (χ3v) is 3.00. The minimum Gasteiger partial charge on any atom is -0.472 e. The molecule has 0 atom stereocenters. The number of anilines is 1. The van der Waals surface area contributed by atoms with Gasteiger partial charge >= 0.3 is 0 Å². The Hall–Kier alpha value is -2.63. The maximum absolute atomic E-state index is 11.5. The van der Waals surface area contributed by atoms with E-state index in [1.807, 2.05) is 18.0 Å². The molecule has 0 fully saturated rings. The second-order valence-electron chi connectivity index (χ2n) is 4.50. The normalized spacial score (nSPS) is 10.3. The molecule has 104 valence electrons. The van der Waals surface area contributed by atoms with E-state index in [0.29, 0.717) is 6.54 Å². The van der Waals surface area contributed by atoms with Gasteiger partial charge in [-0.15, -0.1) is 0 Å². The summed E-state index contributed by atoms with van der Waals surface area (Å²) in [4.78, 5) is 23.8. The maximum atomic E-state index is 11.5. The Labute approximate surface area is 115 Å². The lowest BCUT2D eigenvalue weighted by atomic mass is 10.1. The first-order chi connectivity index (χ1) is 9.49. The van der Waals surface area contributed by atoms with Crippen LogP contribution in [-0.4, -0.2) is 17.8 Å². The van der Waals surface area contributed by atoms with Crippen molar-refractivity contribution in [1.29, 1.82) is 0 Å². The molecule has 0 saturated heterocycles. The zero-order valence-corrected chi connectivity index (χ0v) is 11.2. The number of hydrogen-bond acceptors (Lipinski definition) is 5. The fraction of sp³-hybridized carbons (Fsp3) is 0.214. The first-order valence-corrected chi connectivity index (χ1v) is 6.00. The topological polar surface area (TPSA) is 76.6 Å². The Bertz CT molecular complexity index is 635. The summed E-state index contributed by atoms with van der Waals surface area (Å²) in [5.41, 5.74) is 1.67. The quantitative estimate of drug-likeness (QED) is 0.476. The minimum absolute atomic E-state index is 0.117. The highest BCUT2D eigenvalue weighted by molar-refractivity contribution is 5.99. The van der Waals surface area contributed by atoms with Crippen LogP contribution in [0.3, 0.4) is 0 Å². The summed E-state index contributed by atoms with van der Waals surface area (Å²) in [5.74, 6) is -0.324. The van der Waals surface area contributed by atoms with Crippen LogP contribution >= 0.6 is 0 Å². The number of hydrogen-bond donors (Lipinski definition) is 0. The summed E-state index contributed by atoms with van der Waals surface area (Å²) in [6.45, 7) is 1.91.